The molecule has 3 heteroatoms. The zero-order valence-electron chi connectivity index (χ0n) is 10.6. The third-order valence-electron chi connectivity index (χ3n) is 2.96. The van der Waals surface area contributed by atoms with Gasteiger partial charge in [-0.1, -0.05) is 29.8 Å². The lowest BCUT2D eigenvalue weighted by Gasteiger charge is -2.16. The minimum atomic E-state index is 0.301. The summed E-state index contributed by atoms with van der Waals surface area (Å²) in [7, 11) is 1.99. The van der Waals surface area contributed by atoms with E-state index in [-0.39, 0.29) is 0 Å². The number of nitrogens with zero attached hydrogens (tertiary/aromatic N) is 2. The van der Waals surface area contributed by atoms with Crippen LogP contribution in [0.5, 0.6) is 0 Å². The lowest BCUT2D eigenvalue weighted by molar-refractivity contribution is 0.468. The molecule has 2 rings (SSSR count). The first-order valence-electron chi connectivity index (χ1n) is 5.92. The van der Waals surface area contributed by atoms with Crippen LogP contribution in [0.15, 0.2) is 36.7 Å². The smallest absolute Gasteiger partial charge is 0.0604 e. The van der Waals surface area contributed by atoms with E-state index in [0.29, 0.717) is 6.04 Å². The summed E-state index contributed by atoms with van der Waals surface area (Å²) >= 11 is 0. The molecule has 2 aromatic rings. The number of hydrogen-bond donors (Lipinski definition) is 1. The summed E-state index contributed by atoms with van der Waals surface area (Å²) in [5.41, 5.74) is 3.79. The Labute approximate surface area is 102 Å². The Bertz CT molecular complexity index is 470. The number of hydrogen-bond acceptors (Lipinski definition) is 2. The zero-order valence-corrected chi connectivity index (χ0v) is 10.6. The van der Waals surface area contributed by atoms with Gasteiger partial charge >= 0.3 is 0 Å². The van der Waals surface area contributed by atoms with Gasteiger partial charge in [0, 0.05) is 6.20 Å². The van der Waals surface area contributed by atoms with Crippen LogP contribution in [0.1, 0.15) is 22.7 Å². The lowest BCUT2D eigenvalue weighted by atomic mass is 10.1. The first-order valence-corrected chi connectivity index (χ1v) is 5.92. The third kappa shape index (κ3) is 2.94. The Kier molecular flexibility index (Phi) is 3.59. The fourth-order valence-electron chi connectivity index (χ4n) is 1.92. The van der Waals surface area contributed by atoms with E-state index in [9.17, 15) is 0 Å². The molecule has 0 radical (unpaired) electrons. The van der Waals surface area contributed by atoms with Crippen molar-refractivity contribution in [3.63, 3.8) is 0 Å². The van der Waals surface area contributed by atoms with Gasteiger partial charge in [-0.2, -0.15) is 5.10 Å². The second-order valence-electron chi connectivity index (χ2n) is 4.49. The van der Waals surface area contributed by atoms with Crippen molar-refractivity contribution in [1.29, 1.82) is 0 Å². The molecule has 0 aliphatic carbocycles. The molecule has 1 heterocycles. The average molecular weight is 229 g/mol. The fraction of sp³-hybridized carbons (Fsp3) is 0.357. The molecule has 0 fully saturated rings. The molecule has 0 spiro atoms. The normalized spacial score (nSPS) is 12.6. The van der Waals surface area contributed by atoms with Gasteiger partial charge in [0.05, 0.1) is 18.8 Å². The Balaban J connectivity index is 2.13. The first-order chi connectivity index (χ1) is 8.19. The van der Waals surface area contributed by atoms with Crippen molar-refractivity contribution in [3.8, 4) is 0 Å². The van der Waals surface area contributed by atoms with E-state index in [4.69, 9.17) is 0 Å². The molecule has 17 heavy (non-hydrogen) atoms. The van der Waals surface area contributed by atoms with Crippen LogP contribution in [0.4, 0.5) is 0 Å². The molecule has 0 amide bonds. The van der Waals surface area contributed by atoms with Crippen molar-refractivity contribution in [2.45, 2.75) is 26.4 Å². The topological polar surface area (TPSA) is 29.9 Å². The quantitative estimate of drug-likeness (QED) is 0.872. The zero-order chi connectivity index (χ0) is 12.3. The van der Waals surface area contributed by atoms with E-state index in [1.807, 2.05) is 17.9 Å². The molecule has 0 saturated heterocycles. The number of aromatic nitrogens is 2. The molecule has 0 bridgehead atoms. The highest BCUT2D eigenvalue weighted by atomic mass is 15.3. The van der Waals surface area contributed by atoms with E-state index >= 15 is 0 Å². The second-order valence-corrected chi connectivity index (χ2v) is 4.49. The number of rotatable bonds is 4. The van der Waals surface area contributed by atoms with E-state index in [1.54, 1.807) is 0 Å². The van der Waals surface area contributed by atoms with Gasteiger partial charge in [0.2, 0.25) is 0 Å². The number of nitrogens with one attached hydrogen (secondary N) is 1. The minimum absolute atomic E-state index is 0.301. The van der Waals surface area contributed by atoms with Gasteiger partial charge in [-0.3, -0.25) is 4.68 Å². The first kappa shape index (κ1) is 11.9. The molecule has 1 atom stereocenters. The number of aryl methyl sites for hydroxylation is 2. The van der Waals surface area contributed by atoms with Gasteiger partial charge in [-0.25, -0.2) is 0 Å². The Morgan fingerprint density at radius 2 is 1.88 bits per heavy atom. The summed E-state index contributed by atoms with van der Waals surface area (Å²) in [6, 6.07) is 8.94. The van der Waals surface area contributed by atoms with Crippen LogP contribution in [0.2, 0.25) is 0 Å². The van der Waals surface area contributed by atoms with Crippen LogP contribution in [0, 0.1) is 13.8 Å². The van der Waals surface area contributed by atoms with Gasteiger partial charge in [0.25, 0.3) is 0 Å². The van der Waals surface area contributed by atoms with Crippen LogP contribution < -0.4 is 5.32 Å². The van der Waals surface area contributed by atoms with Crippen molar-refractivity contribution in [2.75, 3.05) is 7.05 Å². The van der Waals surface area contributed by atoms with Crippen LogP contribution in [-0.2, 0) is 6.54 Å². The highest BCUT2D eigenvalue weighted by Crippen LogP contribution is 2.15. The molecule has 3 nitrogen and oxygen atoms in total. The summed E-state index contributed by atoms with van der Waals surface area (Å²) in [4.78, 5) is 0. The SMILES string of the molecule is CNC(Cn1cc(C)cn1)c1ccc(C)cc1. The Morgan fingerprint density at radius 1 is 1.18 bits per heavy atom. The molecule has 1 aromatic carbocycles. The monoisotopic (exact) mass is 229 g/mol. The van der Waals surface area contributed by atoms with E-state index in [2.05, 4.69) is 54.7 Å². The van der Waals surface area contributed by atoms with Gasteiger partial charge in [0.15, 0.2) is 0 Å². The number of benzene rings is 1. The number of likely N-dealkylation sites (N-methyl/N-ethyl adjacent to an activating group) is 1. The van der Waals surface area contributed by atoms with Crippen LogP contribution in [0.3, 0.4) is 0 Å². The summed E-state index contributed by atoms with van der Waals surface area (Å²) in [6.45, 7) is 5.02. The summed E-state index contributed by atoms with van der Waals surface area (Å²) < 4.78 is 1.98. The van der Waals surface area contributed by atoms with Crippen molar-refractivity contribution in [1.82, 2.24) is 15.1 Å². The summed E-state index contributed by atoms with van der Waals surface area (Å²) in [5.74, 6) is 0. The largest absolute Gasteiger partial charge is 0.311 e. The van der Waals surface area contributed by atoms with Crippen LogP contribution in [0.25, 0.3) is 0 Å². The Hall–Kier alpha value is -1.61. The van der Waals surface area contributed by atoms with E-state index in [0.717, 1.165) is 6.54 Å². The molecule has 0 aliphatic rings. The predicted octanol–water partition coefficient (Wildman–Crippen LogP) is 2.46. The van der Waals surface area contributed by atoms with Crippen molar-refractivity contribution in [2.24, 2.45) is 0 Å². The van der Waals surface area contributed by atoms with Crippen LogP contribution in [-0.4, -0.2) is 16.8 Å². The highest BCUT2D eigenvalue weighted by molar-refractivity contribution is 5.24. The second kappa shape index (κ2) is 5.15. The van der Waals surface area contributed by atoms with Gasteiger partial charge in [-0.15, -0.1) is 0 Å². The molecule has 0 aliphatic heterocycles. The summed E-state index contributed by atoms with van der Waals surface area (Å²) in [5, 5.41) is 7.66. The van der Waals surface area contributed by atoms with E-state index in [1.165, 1.54) is 16.7 Å². The molecule has 1 N–H and O–H groups in total. The molecule has 0 saturated carbocycles. The maximum Gasteiger partial charge on any atom is 0.0604 e. The molecule has 1 unspecified atom stereocenters. The van der Waals surface area contributed by atoms with Crippen molar-refractivity contribution in [3.05, 3.63) is 53.3 Å². The van der Waals surface area contributed by atoms with Gasteiger partial charge in [-0.05, 0) is 32.0 Å². The molecule has 1 aromatic heterocycles. The average Bonchev–Trinajstić information content (AvgIpc) is 2.73. The molecule has 90 valence electrons. The maximum atomic E-state index is 4.32. The van der Waals surface area contributed by atoms with Crippen molar-refractivity contribution < 1.29 is 0 Å². The van der Waals surface area contributed by atoms with E-state index < -0.39 is 0 Å². The molecular formula is C14H19N3. The van der Waals surface area contributed by atoms with Gasteiger partial charge in [0.1, 0.15) is 0 Å². The third-order valence-corrected chi connectivity index (χ3v) is 2.96. The van der Waals surface area contributed by atoms with Crippen LogP contribution >= 0.6 is 0 Å². The molecular weight excluding hydrogens is 210 g/mol. The predicted molar refractivity (Wildman–Crippen MR) is 69.9 cm³/mol. The minimum Gasteiger partial charge on any atom is -0.311 e. The standard InChI is InChI=1S/C14H19N3/c1-11-4-6-13(7-5-11)14(15-3)10-17-9-12(2)8-16-17/h4-9,14-15H,10H2,1-3H3. The van der Waals surface area contributed by atoms with Gasteiger partial charge < -0.3 is 5.32 Å². The highest BCUT2D eigenvalue weighted by Gasteiger charge is 2.09. The Morgan fingerprint density at radius 3 is 2.41 bits per heavy atom. The maximum absolute atomic E-state index is 4.32. The fourth-order valence-corrected chi connectivity index (χ4v) is 1.92. The summed E-state index contributed by atoms with van der Waals surface area (Å²) in [6.07, 6.45) is 3.96. The van der Waals surface area contributed by atoms with Crippen molar-refractivity contribution >= 4 is 0 Å². The lowest BCUT2D eigenvalue weighted by Crippen LogP contribution is -2.22.